The van der Waals surface area contributed by atoms with Crippen LogP contribution in [0.4, 0.5) is 11.6 Å². The maximum absolute atomic E-state index is 11.0. The number of fused-ring (bicyclic) bond motifs is 1. The summed E-state index contributed by atoms with van der Waals surface area (Å²) in [4.78, 5) is 19.1. The first kappa shape index (κ1) is 12.9. The van der Waals surface area contributed by atoms with Crippen LogP contribution >= 0.6 is 11.8 Å². The molecule has 3 rings (SSSR count). The lowest BCUT2D eigenvalue weighted by Crippen LogP contribution is -2.00. The van der Waals surface area contributed by atoms with E-state index in [1.807, 2.05) is 6.07 Å². The SMILES string of the molecule is Nc1ncc([N+](=O)[O-])c(Sc2ccc3c(c2)CCC3)n1. The summed E-state index contributed by atoms with van der Waals surface area (Å²) in [5, 5.41) is 11.3. The van der Waals surface area contributed by atoms with Crippen molar-refractivity contribution >= 4 is 23.4 Å². The normalized spacial score (nSPS) is 13.2. The third-order valence-electron chi connectivity index (χ3n) is 3.24. The minimum absolute atomic E-state index is 0.0410. The molecule has 0 radical (unpaired) electrons. The van der Waals surface area contributed by atoms with Crippen LogP contribution in [0.25, 0.3) is 0 Å². The second kappa shape index (κ2) is 5.09. The number of rotatable bonds is 3. The number of nitro groups is 1. The smallest absolute Gasteiger partial charge is 0.320 e. The predicted octanol–water partition coefficient (Wildman–Crippen LogP) is 2.61. The first-order valence-electron chi connectivity index (χ1n) is 6.20. The van der Waals surface area contributed by atoms with Crippen molar-refractivity contribution in [3.8, 4) is 0 Å². The van der Waals surface area contributed by atoms with Crippen LogP contribution in [0.2, 0.25) is 0 Å². The zero-order valence-electron chi connectivity index (χ0n) is 10.6. The molecule has 6 nitrogen and oxygen atoms in total. The summed E-state index contributed by atoms with van der Waals surface area (Å²) in [6.45, 7) is 0. The molecule has 1 aromatic carbocycles. The van der Waals surface area contributed by atoms with Crippen molar-refractivity contribution in [2.24, 2.45) is 0 Å². The molecule has 0 fully saturated rings. The Morgan fingerprint density at radius 2 is 2.10 bits per heavy atom. The Hall–Kier alpha value is -2.15. The Morgan fingerprint density at radius 1 is 1.30 bits per heavy atom. The number of aromatic nitrogens is 2. The van der Waals surface area contributed by atoms with Crippen LogP contribution in [0.5, 0.6) is 0 Å². The highest BCUT2D eigenvalue weighted by Crippen LogP contribution is 2.35. The Bertz CT molecular complexity index is 690. The maximum Gasteiger partial charge on any atom is 0.320 e. The van der Waals surface area contributed by atoms with E-state index in [1.165, 1.54) is 29.3 Å². The fraction of sp³-hybridized carbons (Fsp3) is 0.231. The van der Waals surface area contributed by atoms with Crippen LogP contribution < -0.4 is 5.73 Å². The summed E-state index contributed by atoms with van der Waals surface area (Å²) in [5.74, 6) is 0.0410. The number of aryl methyl sites for hydroxylation is 2. The van der Waals surface area contributed by atoms with E-state index in [0.717, 1.165) is 23.9 Å². The molecule has 2 N–H and O–H groups in total. The molecule has 0 atom stereocenters. The molecular weight excluding hydrogens is 276 g/mol. The van der Waals surface area contributed by atoms with Crippen LogP contribution in [-0.2, 0) is 12.8 Å². The fourth-order valence-electron chi connectivity index (χ4n) is 2.30. The van der Waals surface area contributed by atoms with Gasteiger partial charge in [0, 0.05) is 4.90 Å². The van der Waals surface area contributed by atoms with E-state index in [2.05, 4.69) is 22.1 Å². The van der Waals surface area contributed by atoms with Gasteiger partial charge in [0.1, 0.15) is 6.20 Å². The molecular formula is C13H12N4O2S. The van der Waals surface area contributed by atoms with E-state index >= 15 is 0 Å². The van der Waals surface area contributed by atoms with Gasteiger partial charge in [-0.2, -0.15) is 4.98 Å². The van der Waals surface area contributed by atoms with E-state index < -0.39 is 4.92 Å². The van der Waals surface area contributed by atoms with Gasteiger partial charge in [-0.3, -0.25) is 10.1 Å². The Balaban J connectivity index is 1.95. The molecule has 1 aromatic heterocycles. The quantitative estimate of drug-likeness (QED) is 0.530. The van der Waals surface area contributed by atoms with E-state index in [1.54, 1.807) is 0 Å². The highest BCUT2D eigenvalue weighted by molar-refractivity contribution is 7.99. The first-order chi connectivity index (χ1) is 9.63. The fourth-order valence-corrected chi connectivity index (χ4v) is 3.23. The molecule has 1 aliphatic rings. The van der Waals surface area contributed by atoms with Crippen molar-refractivity contribution in [1.29, 1.82) is 0 Å². The van der Waals surface area contributed by atoms with E-state index in [4.69, 9.17) is 5.73 Å². The third-order valence-corrected chi connectivity index (χ3v) is 4.22. The van der Waals surface area contributed by atoms with Gasteiger partial charge in [-0.25, -0.2) is 4.98 Å². The molecule has 20 heavy (non-hydrogen) atoms. The Morgan fingerprint density at radius 3 is 2.90 bits per heavy atom. The predicted molar refractivity (Wildman–Crippen MR) is 75.7 cm³/mol. The van der Waals surface area contributed by atoms with Gasteiger partial charge in [-0.1, -0.05) is 17.8 Å². The Labute approximate surface area is 119 Å². The number of nitrogens with zero attached hydrogens (tertiary/aromatic N) is 3. The molecule has 0 aliphatic heterocycles. The standard InChI is InChI=1S/C13H12N4O2S/c14-13-15-7-11(17(18)19)12(16-13)20-10-5-4-8-2-1-3-9(8)6-10/h4-7H,1-3H2,(H2,14,15,16). The van der Waals surface area contributed by atoms with Crippen LogP contribution in [-0.4, -0.2) is 14.9 Å². The topological polar surface area (TPSA) is 94.9 Å². The molecule has 0 saturated heterocycles. The number of hydrogen-bond acceptors (Lipinski definition) is 6. The minimum atomic E-state index is -0.491. The molecule has 1 heterocycles. The van der Waals surface area contributed by atoms with Crippen molar-refractivity contribution in [1.82, 2.24) is 9.97 Å². The molecule has 0 spiro atoms. The zero-order chi connectivity index (χ0) is 14.1. The molecule has 1 aliphatic carbocycles. The average molecular weight is 288 g/mol. The van der Waals surface area contributed by atoms with E-state index in [9.17, 15) is 10.1 Å². The highest BCUT2D eigenvalue weighted by atomic mass is 32.2. The monoisotopic (exact) mass is 288 g/mol. The van der Waals surface area contributed by atoms with Crippen LogP contribution in [0.3, 0.4) is 0 Å². The van der Waals surface area contributed by atoms with Crippen molar-refractivity contribution in [3.05, 3.63) is 45.6 Å². The molecule has 102 valence electrons. The summed E-state index contributed by atoms with van der Waals surface area (Å²) < 4.78 is 0. The van der Waals surface area contributed by atoms with Crippen LogP contribution in [0, 0.1) is 10.1 Å². The largest absolute Gasteiger partial charge is 0.368 e. The molecule has 0 saturated carbocycles. The van der Waals surface area contributed by atoms with Gasteiger partial charge in [0.15, 0.2) is 5.03 Å². The lowest BCUT2D eigenvalue weighted by molar-refractivity contribution is -0.388. The van der Waals surface area contributed by atoms with Crippen molar-refractivity contribution in [2.45, 2.75) is 29.2 Å². The van der Waals surface area contributed by atoms with Gasteiger partial charge in [-0.05, 0) is 42.5 Å². The summed E-state index contributed by atoms with van der Waals surface area (Å²) in [6.07, 6.45) is 4.50. The van der Waals surface area contributed by atoms with Gasteiger partial charge in [0.2, 0.25) is 5.95 Å². The second-order valence-corrected chi connectivity index (χ2v) is 5.62. The van der Waals surface area contributed by atoms with Gasteiger partial charge >= 0.3 is 5.69 Å². The number of nitrogen functional groups attached to an aromatic ring is 1. The minimum Gasteiger partial charge on any atom is -0.368 e. The molecule has 2 aromatic rings. The summed E-state index contributed by atoms with van der Waals surface area (Å²) in [7, 11) is 0. The van der Waals surface area contributed by atoms with Gasteiger partial charge in [0.05, 0.1) is 4.92 Å². The van der Waals surface area contributed by atoms with Gasteiger partial charge < -0.3 is 5.73 Å². The van der Waals surface area contributed by atoms with Crippen molar-refractivity contribution in [3.63, 3.8) is 0 Å². The zero-order valence-corrected chi connectivity index (χ0v) is 11.4. The average Bonchev–Trinajstić information content (AvgIpc) is 2.85. The maximum atomic E-state index is 11.0. The lowest BCUT2D eigenvalue weighted by atomic mass is 10.1. The number of benzene rings is 1. The lowest BCUT2D eigenvalue weighted by Gasteiger charge is -2.05. The molecule has 0 unspecified atom stereocenters. The van der Waals surface area contributed by atoms with E-state index in [0.29, 0.717) is 0 Å². The van der Waals surface area contributed by atoms with Gasteiger partial charge in [-0.15, -0.1) is 0 Å². The molecule has 0 bridgehead atoms. The second-order valence-electron chi connectivity index (χ2n) is 4.56. The van der Waals surface area contributed by atoms with Crippen LogP contribution in [0.15, 0.2) is 34.3 Å². The summed E-state index contributed by atoms with van der Waals surface area (Å²) in [6, 6.07) is 6.13. The summed E-state index contributed by atoms with van der Waals surface area (Å²) >= 11 is 1.25. The van der Waals surface area contributed by atoms with Crippen LogP contribution in [0.1, 0.15) is 17.5 Å². The Kier molecular flexibility index (Phi) is 3.27. The van der Waals surface area contributed by atoms with Crippen molar-refractivity contribution in [2.75, 3.05) is 5.73 Å². The van der Waals surface area contributed by atoms with E-state index in [-0.39, 0.29) is 16.7 Å². The number of nitrogens with two attached hydrogens (primary N) is 1. The summed E-state index contributed by atoms with van der Waals surface area (Å²) in [5.41, 5.74) is 8.08. The number of hydrogen-bond donors (Lipinski definition) is 1. The first-order valence-corrected chi connectivity index (χ1v) is 7.02. The molecule has 7 heteroatoms. The third kappa shape index (κ3) is 2.44. The highest BCUT2D eigenvalue weighted by Gasteiger charge is 2.19. The van der Waals surface area contributed by atoms with Gasteiger partial charge in [0.25, 0.3) is 0 Å². The number of anilines is 1. The molecule has 0 amide bonds. The van der Waals surface area contributed by atoms with Crippen molar-refractivity contribution < 1.29 is 4.92 Å².